The normalized spacial score (nSPS) is 17.3. The van der Waals surface area contributed by atoms with E-state index in [1.54, 1.807) is 0 Å². The van der Waals surface area contributed by atoms with Gasteiger partial charge in [0.2, 0.25) is 0 Å². The van der Waals surface area contributed by atoms with E-state index in [-0.39, 0.29) is 11.5 Å². The molecular weight excluding hydrogens is 749 g/mol. The largest absolute Gasteiger partial charge is 0.335 e. The minimum atomic E-state index is 0.0631. The van der Waals surface area contributed by atoms with Crippen molar-refractivity contribution >= 4 is 62.1 Å². The summed E-state index contributed by atoms with van der Waals surface area (Å²) < 4.78 is 0. The van der Waals surface area contributed by atoms with Crippen LogP contribution in [0, 0.1) is 0 Å². The molecule has 0 bridgehead atoms. The van der Waals surface area contributed by atoms with Crippen LogP contribution in [0.4, 0.5) is 28.4 Å². The summed E-state index contributed by atoms with van der Waals surface area (Å²) in [5.41, 5.74) is 18.9. The van der Waals surface area contributed by atoms with E-state index in [1.165, 1.54) is 126 Å². The van der Waals surface area contributed by atoms with Crippen LogP contribution in [0.1, 0.15) is 78.0 Å². The molecule has 0 radical (unpaired) electrons. The highest BCUT2D eigenvalue weighted by Gasteiger charge is 2.45. The van der Waals surface area contributed by atoms with Crippen molar-refractivity contribution < 1.29 is 0 Å². The van der Waals surface area contributed by atoms with Crippen molar-refractivity contribution in [2.24, 2.45) is 0 Å². The van der Waals surface area contributed by atoms with Gasteiger partial charge in [0, 0.05) is 46.3 Å². The van der Waals surface area contributed by atoms with Crippen LogP contribution in [-0.4, -0.2) is 6.04 Å². The van der Waals surface area contributed by atoms with Gasteiger partial charge >= 0.3 is 0 Å². The Morgan fingerprint density at radius 2 is 1.13 bits per heavy atom. The average molecular weight is 799 g/mol. The summed E-state index contributed by atoms with van der Waals surface area (Å²) in [5, 5.41) is 5.10. The standard InChI is InChI=1S/C60H50N2/c1-41-14-4-2-3-5-15-44-16-6-9-19-57(44)61(41)50-29-33-54-53-31-25-43(37-55(53)60(56(54)40-50)34-12-13-35-60)23-22-42-24-30-51-45(36-42)26-27-46-39-49(28-32-52(46)51)62-58-20-10-7-17-47(58)38-48-18-8-11-21-59(48)62/h2-4,6-11,14,16-33,36-37,39-41H,5,12-13,15,34-35,38H2,1H3. The maximum atomic E-state index is 2.57. The molecule has 1 saturated carbocycles. The van der Waals surface area contributed by atoms with Crippen molar-refractivity contribution in [3.63, 3.8) is 0 Å². The molecule has 2 nitrogen and oxygen atoms in total. The van der Waals surface area contributed by atoms with Crippen LogP contribution in [-0.2, 0) is 18.3 Å². The SMILES string of the molecule is CC1C=CC=CCCc2ccccc2N1c1ccc2c(c1)C1(CCCC1)c1cc(C=Cc3ccc4c(ccc5cc(N6c7ccccc7Cc7ccccc76)ccc54)c3)ccc1-2. The van der Waals surface area contributed by atoms with E-state index >= 15 is 0 Å². The summed E-state index contributed by atoms with van der Waals surface area (Å²) in [7, 11) is 0. The Bertz CT molecular complexity index is 3110. The van der Waals surface area contributed by atoms with Crippen molar-refractivity contribution in [3.05, 3.63) is 221 Å². The topological polar surface area (TPSA) is 6.48 Å². The second kappa shape index (κ2) is 14.9. The van der Waals surface area contributed by atoms with Crippen LogP contribution in [0.25, 0.3) is 44.8 Å². The molecule has 8 aromatic carbocycles. The smallest absolute Gasteiger partial charge is 0.0497 e. The Hall–Kier alpha value is -6.90. The lowest BCUT2D eigenvalue weighted by Crippen LogP contribution is -2.28. The predicted octanol–water partition coefficient (Wildman–Crippen LogP) is 16.0. The third-order valence-corrected chi connectivity index (χ3v) is 14.4. The highest BCUT2D eigenvalue weighted by molar-refractivity contribution is 6.09. The van der Waals surface area contributed by atoms with E-state index in [1.807, 2.05) is 0 Å². The van der Waals surface area contributed by atoms with Gasteiger partial charge in [0.25, 0.3) is 0 Å². The quantitative estimate of drug-likeness (QED) is 0.129. The monoisotopic (exact) mass is 798 g/mol. The summed E-state index contributed by atoms with van der Waals surface area (Å²) in [4.78, 5) is 5.01. The number of benzene rings is 8. The molecule has 1 spiro atoms. The van der Waals surface area contributed by atoms with Crippen molar-refractivity contribution in [2.75, 3.05) is 9.80 Å². The maximum absolute atomic E-state index is 2.57. The van der Waals surface area contributed by atoms with Crippen LogP contribution in [0.2, 0.25) is 0 Å². The molecule has 4 aliphatic rings. The first-order valence-corrected chi connectivity index (χ1v) is 22.7. The van der Waals surface area contributed by atoms with Gasteiger partial charge < -0.3 is 9.80 Å². The molecule has 2 aliphatic carbocycles. The maximum Gasteiger partial charge on any atom is 0.0497 e. The number of hydrogen-bond acceptors (Lipinski definition) is 2. The molecular formula is C60H50N2. The lowest BCUT2D eigenvalue weighted by Gasteiger charge is -2.34. The number of rotatable bonds is 4. The zero-order chi connectivity index (χ0) is 41.2. The minimum absolute atomic E-state index is 0.0631. The number of fused-ring (bicyclic) bond motifs is 11. The number of nitrogens with zero attached hydrogens (tertiary/aromatic N) is 2. The first-order chi connectivity index (χ1) is 30.6. The Kier molecular flexibility index (Phi) is 8.88. The van der Waals surface area contributed by atoms with Crippen molar-refractivity contribution in [2.45, 2.75) is 63.3 Å². The molecule has 1 atom stereocenters. The van der Waals surface area contributed by atoms with Crippen LogP contribution >= 0.6 is 0 Å². The molecule has 300 valence electrons. The Morgan fingerprint density at radius 3 is 1.89 bits per heavy atom. The lowest BCUT2D eigenvalue weighted by molar-refractivity contribution is 0.549. The van der Waals surface area contributed by atoms with Crippen LogP contribution in [0.3, 0.4) is 0 Å². The summed E-state index contributed by atoms with van der Waals surface area (Å²) in [6.45, 7) is 2.33. The van der Waals surface area contributed by atoms with Crippen LogP contribution in [0.15, 0.2) is 182 Å². The second-order valence-corrected chi connectivity index (χ2v) is 18.0. The third kappa shape index (κ3) is 6.07. The molecule has 62 heavy (non-hydrogen) atoms. The minimum Gasteiger partial charge on any atom is -0.335 e. The molecule has 1 unspecified atom stereocenters. The highest BCUT2D eigenvalue weighted by Crippen LogP contribution is 2.58. The summed E-state index contributed by atoms with van der Waals surface area (Å²) in [5.74, 6) is 0. The molecule has 1 fully saturated rings. The van der Waals surface area contributed by atoms with Crippen molar-refractivity contribution in [1.29, 1.82) is 0 Å². The van der Waals surface area contributed by atoms with Gasteiger partial charge in [-0.1, -0.05) is 158 Å². The zero-order valence-corrected chi connectivity index (χ0v) is 35.4. The predicted molar refractivity (Wildman–Crippen MR) is 264 cm³/mol. The lowest BCUT2D eigenvalue weighted by atomic mass is 9.76. The van der Waals surface area contributed by atoms with Crippen molar-refractivity contribution in [3.8, 4) is 11.1 Å². The number of hydrogen-bond donors (Lipinski definition) is 0. The number of allylic oxidation sites excluding steroid dienone is 3. The summed E-state index contributed by atoms with van der Waals surface area (Å²) in [6, 6.07) is 60.0. The number of aryl methyl sites for hydroxylation is 1. The number of para-hydroxylation sites is 3. The Morgan fingerprint density at radius 1 is 0.532 bits per heavy atom. The molecule has 2 heteroatoms. The highest BCUT2D eigenvalue weighted by atomic mass is 15.2. The fraction of sp³-hybridized carbons (Fsp3) is 0.167. The summed E-state index contributed by atoms with van der Waals surface area (Å²) in [6.07, 6.45) is 21.7. The first kappa shape index (κ1) is 36.9. The molecule has 2 heterocycles. The molecule has 0 saturated heterocycles. The molecule has 2 aliphatic heterocycles. The average Bonchev–Trinajstić information content (AvgIpc) is 3.92. The molecule has 12 rings (SSSR count). The van der Waals surface area contributed by atoms with E-state index in [2.05, 4.69) is 211 Å². The fourth-order valence-electron chi connectivity index (χ4n) is 11.4. The van der Waals surface area contributed by atoms with Gasteiger partial charge in [-0.15, -0.1) is 0 Å². The van der Waals surface area contributed by atoms with E-state index in [4.69, 9.17) is 0 Å². The third-order valence-electron chi connectivity index (χ3n) is 14.4. The number of anilines is 5. The Labute approximate surface area is 365 Å². The first-order valence-electron chi connectivity index (χ1n) is 22.7. The van der Waals surface area contributed by atoms with Crippen molar-refractivity contribution in [1.82, 2.24) is 0 Å². The van der Waals surface area contributed by atoms with E-state index < -0.39 is 0 Å². The van der Waals surface area contributed by atoms with Gasteiger partial charge in [0.05, 0.1) is 0 Å². The van der Waals surface area contributed by atoms with E-state index in [0.29, 0.717) is 0 Å². The molecule has 0 amide bonds. The van der Waals surface area contributed by atoms with Crippen LogP contribution < -0.4 is 9.80 Å². The Balaban J connectivity index is 0.853. The zero-order valence-electron chi connectivity index (χ0n) is 35.4. The van der Waals surface area contributed by atoms with Gasteiger partial charge in [-0.3, -0.25) is 0 Å². The van der Waals surface area contributed by atoms with Gasteiger partial charge in [-0.05, 0) is 153 Å². The van der Waals surface area contributed by atoms with E-state index in [0.717, 1.165) is 19.3 Å². The molecule has 8 aromatic rings. The second-order valence-electron chi connectivity index (χ2n) is 18.0. The molecule has 0 aromatic heterocycles. The fourth-order valence-corrected chi connectivity index (χ4v) is 11.4. The van der Waals surface area contributed by atoms with E-state index in [9.17, 15) is 0 Å². The summed E-state index contributed by atoms with van der Waals surface area (Å²) >= 11 is 0. The van der Waals surface area contributed by atoms with Gasteiger partial charge in [0.1, 0.15) is 0 Å². The van der Waals surface area contributed by atoms with Crippen LogP contribution in [0.5, 0.6) is 0 Å². The van der Waals surface area contributed by atoms with Gasteiger partial charge in [-0.25, -0.2) is 0 Å². The molecule has 0 N–H and O–H groups in total. The van der Waals surface area contributed by atoms with Gasteiger partial charge in [-0.2, -0.15) is 0 Å². The van der Waals surface area contributed by atoms with Gasteiger partial charge in [0.15, 0.2) is 0 Å².